The lowest BCUT2D eigenvalue weighted by Crippen LogP contribution is -2.50. The first-order valence-corrected chi connectivity index (χ1v) is 10.1. The molecule has 3 rings (SSSR count). The summed E-state index contributed by atoms with van der Waals surface area (Å²) in [4.78, 5) is 25.1. The van der Waals surface area contributed by atoms with E-state index in [1.54, 1.807) is 19.9 Å². The van der Waals surface area contributed by atoms with E-state index in [1.165, 1.54) is 12.7 Å². The van der Waals surface area contributed by atoms with Crippen LogP contribution in [0, 0.1) is 0 Å². The van der Waals surface area contributed by atoms with Gasteiger partial charge in [-0.1, -0.05) is 36.4 Å². The zero-order chi connectivity index (χ0) is 21.0. The van der Waals surface area contributed by atoms with E-state index in [1.807, 2.05) is 43.3 Å². The second kappa shape index (κ2) is 8.68. The number of ether oxygens (including phenoxy) is 2. The maximum Gasteiger partial charge on any atom is 0.330 e. The van der Waals surface area contributed by atoms with Crippen LogP contribution in [-0.2, 0) is 22.4 Å². The lowest BCUT2D eigenvalue weighted by molar-refractivity contribution is -0.146. The van der Waals surface area contributed by atoms with Crippen LogP contribution >= 0.6 is 0 Å². The van der Waals surface area contributed by atoms with Crippen molar-refractivity contribution < 1.29 is 19.1 Å². The predicted octanol–water partition coefficient (Wildman–Crippen LogP) is 4.39. The van der Waals surface area contributed by atoms with Crippen LogP contribution in [0.2, 0.25) is 0 Å². The molecule has 1 unspecified atom stereocenters. The van der Waals surface area contributed by atoms with Crippen LogP contribution in [0.5, 0.6) is 5.75 Å². The first-order chi connectivity index (χ1) is 13.8. The number of fused-ring (bicyclic) bond motifs is 1. The molecule has 2 aromatic rings. The Morgan fingerprint density at radius 3 is 2.41 bits per heavy atom. The molecule has 1 aliphatic rings. The van der Waals surface area contributed by atoms with Gasteiger partial charge >= 0.3 is 5.97 Å². The van der Waals surface area contributed by atoms with Crippen LogP contribution in [0.3, 0.4) is 0 Å². The van der Waals surface area contributed by atoms with Crippen molar-refractivity contribution >= 4 is 11.9 Å². The smallest absolute Gasteiger partial charge is 0.330 e. The van der Waals surface area contributed by atoms with Gasteiger partial charge in [0.25, 0.3) is 5.91 Å². The van der Waals surface area contributed by atoms with E-state index >= 15 is 0 Å². The number of methoxy groups -OCH3 is 1. The maximum atomic E-state index is 13.1. The molecule has 5 nitrogen and oxygen atoms in total. The van der Waals surface area contributed by atoms with Crippen molar-refractivity contribution in [1.82, 2.24) is 5.32 Å². The lowest BCUT2D eigenvalue weighted by Gasteiger charge is -2.27. The van der Waals surface area contributed by atoms with Gasteiger partial charge in [0.1, 0.15) is 17.4 Å². The molecule has 0 spiro atoms. The number of hydrogen-bond acceptors (Lipinski definition) is 4. The fourth-order valence-corrected chi connectivity index (χ4v) is 3.73. The molecule has 0 saturated carbocycles. The Bertz CT molecular complexity index is 889. The summed E-state index contributed by atoms with van der Waals surface area (Å²) in [6.45, 7) is 5.24. The lowest BCUT2D eigenvalue weighted by atomic mass is 9.89. The number of benzene rings is 2. The SMILES string of the molecule is COC(=O)C(C)(C)NC(=O)c1ccc2c(c1OC(C)c1ccccc1)CCCC2. The van der Waals surface area contributed by atoms with Gasteiger partial charge in [0.05, 0.1) is 12.7 Å². The van der Waals surface area contributed by atoms with Gasteiger partial charge in [-0.15, -0.1) is 0 Å². The Hall–Kier alpha value is -2.82. The van der Waals surface area contributed by atoms with Gasteiger partial charge in [-0.3, -0.25) is 4.79 Å². The summed E-state index contributed by atoms with van der Waals surface area (Å²) in [5.41, 5.74) is 2.69. The monoisotopic (exact) mass is 395 g/mol. The molecular weight excluding hydrogens is 366 g/mol. The third-order valence-electron chi connectivity index (χ3n) is 5.41. The Labute approximate surface area is 172 Å². The molecular formula is C24H29NO4. The highest BCUT2D eigenvalue weighted by atomic mass is 16.5. The quantitative estimate of drug-likeness (QED) is 0.737. The van der Waals surface area contributed by atoms with Crippen molar-refractivity contribution in [2.24, 2.45) is 0 Å². The molecule has 0 saturated heterocycles. The van der Waals surface area contributed by atoms with Crippen LogP contribution < -0.4 is 10.1 Å². The number of carbonyl (C=O) groups is 2. The summed E-state index contributed by atoms with van der Waals surface area (Å²) in [5.74, 6) is -0.218. The van der Waals surface area contributed by atoms with Crippen molar-refractivity contribution in [3.63, 3.8) is 0 Å². The third-order valence-corrected chi connectivity index (χ3v) is 5.41. The van der Waals surface area contributed by atoms with Crippen molar-refractivity contribution in [3.05, 3.63) is 64.7 Å². The highest BCUT2D eigenvalue weighted by Gasteiger charge is 2.32. The number of aryl methyl sites for hydroxylation is 1. The fourth-order valence-electron chi connectivity index (χ4n) is 3.73. The molecule has 2 aromatic carbocycles. The number of esters is 1. The van der Waals surface area contributed by atoms with Gasteiger partial charge in [0.2, 0.25) is 0 Å². The number of carbonyl (C=O) groups excluding carboxylic acids is 2. The Balaban J connectivity index is 1.96. The second-order valence-corrected chi connectivity index (χ2v) is 8.03. The van der Waals surface area contributed by atoms with Crippen molar-refractivity contribution in [2.75, 3.05) is 7.11 Å². The Morgan fingerprint density at radius 2 is 1.72 bits per heavy atom. The van der Waals surface area contributed by atoms with Gasteiger partial charge in [-0.25, -0.2) is 4.79 Å². The molecule has 1 aliphatic carbocycles. The molecule has 154 valence electrons. The van der Waals surface area contributed by atoms with E-state index in [2.05, 4.69) is 5.32 Å². The van der Waals surface area contributed by atoms with Crippen LogP contribution in [0.25, 0.3) is 0 Å². The van der Waals surface area contributed by atoms with E-state index in [0.29, 0.717) is 11.3 Å². The molecule has 0 aliphatic heterocycles. The first kappa shape index (κ1) is 20.9. The molecule has 5 heteroatoms. The first-order valence-electron chi connectivity index (χ1n) is 10.1. The van der Waals surface area contributed by atoms with Gasteiger partial charge in [-0.2, -0.15) is 0 Å². The summed E-state index contributed by atoms with van der Waals surface area (Å²) >= 11 is 0. The molecule has 0 aromatic heterocycles. The summed E-state index contributed by atoms with van der Waals surface area (Å²) in [7, 11) is 1.31. The zero-order valence-electron chi connectivity index (χ0n) is 17.6. The number of amides is 1. The molecule has 0 heterocycles. The predicted molar refractivity (Wildman–Crippen MR) is 112 cm³/mol. The normalized spacial score (nSPS) is 14.5. The summed E-state index contributed by atoms with van der Waals surface area (Å²) in [6.07, 6.45) is 3.88. The molecule has 29 heavy (non-hydrogen) atoms. The van der Waals surface area contributed by atoms with Crippen LogP contribution in [0.15, 0.2) is 42.5 Å². The second-order valence-electron chi connectivity index (χ2n) is 8.03. The standard InChI is InChI=1S/C24H29NO4/c1-16(17-10-6-5-7-11-17)29-21-19-13-9-8-12-18(19)14-15-20(21)22(26)25-24(2,3)23(27)28-4/h5-7,10-11,14-16H,8-9,12-13H2,1-4H3,(H,25,26). The van der Waals surface area contributed by atoms with Gasteiger partial charge in [-0.05, 0) is 69.2 Å². The fraction of sp³-hybridized carbons (Fsp3) is 0.417. The topological polar surface area (TPSA) is 64.6 Å². The third kappa shape index (κ3) is 4.61. The minimum atomic E-state index is -1.13. The molecule has 1 N–H and O–H groups in total. The largest absolute Gasteiger partial charge is 0.485 e. The molecule has 0 bridgehead atoms. The van der Waals surface area contributed by atoms with Crippen molar-refractivity contribution in [3.8, 4) is 5.75 Å². The summed E-state index contributed by atoms with van der Waals surface area (Å²) in [6, 6.07) is 13.8. The van der Waals surface area contributed by atoms with Crippen molar-refractivity contribution in [2.45, 2.75) is 58.1 Å². The maximum absolute atomic E-state index is 13.1. The van der Waals surface area contributed by atoms with Crippen LogP contribution in [0.4, 0.5) is 0 Å². The number of nitrogens with one attached hydrogen (secondary N) is 1. The minimum absolute atomic E-state index is 0.204. The summed E-state index contributed by atoms with van der Waals surface area (Å²) in [5, 5.41) is 2.79. The van der Waals surface area contributed by atoms with Gasteiger partial charge in [0.15, 0.2) is 0 Å². The highest BCUT2D eigenvalue weighted by molar-refractivity contribution is 6.00. The van der Waals surface area contributed by atoms with Crippen LogP contribution in [-0.4, -0.2) is 24.5 Å². The average molecular weight is 395 g/mol. The van der Waals surface area contributed by atoms with E-state index in [0.717, 1.165) is 36.8 Å². The van der Waals surface area contributed by atoms with Crippen LogP contribution in [0.1, 0.15) is 66.8 Å². The van der Waals surface area contributed by atoms with E-state index < -0.39 is 11.5 Å². The number of rotatable bonds is 6. The van der Waals surface area contributed by atoms with E-state index in [4.69, 9.17) is 9.47 Å². The highest BCUT2D eigenvalue weighted by Crippen LogP contribution is 2.36. The zero-order valence-corrected chi connectivity index (χ0v) is 17.6. The van der Waals surface area contributed by atoms with Gasteiger partial charge < -0.3 is 14.8 Å². The molecule has 0 radical (unpaired) electrons. The van der Waals surface area contributed by atoms with Gasteiger partial charge in [0, 0.05) is 0 Å². The molecule has 1 amide bonds. The average Bonchev–Trinajstić information content (AvgIpc) is 2.73. The van der Waals surface area contributed by atoms with E-state index in [-0.39, 0.29) is 12.0 Å². The molecule has 0 fully saturated rings. The summed E-state index contributed by atoms with van der Waals surface area (Å²) < 4.78 is 11.2. The molecule has 1 atom stereocenters. The Morgan fingerprint density at radius 1 is 1.03 bits per heavy atom. The van der Waals surface area contributed by atoms with E-state index in [9.17, 15) is 9.59 Å². The van der Waals surface area contributed by atoms with Crippen molar-refractivity contribution in [1.29, 1.82) is 0 Å². The number of hydrogen-bond donors (Lipinski definition) is 1. The minimum Gasteiger partial charge on any atom is -0.485 e. The Kier molecular flexibility index (Phi) is 6.26.